The number of hydrogen-bond acceptors (Lipinski definition) is 5. The Kier molecular flexibility index (Phi) is 9.18. The molecule has 0 bridgehead atoms. The maximum Gasteiger partial charge on any atom is 0.248 e. The van der Waals surface area contributed by atoms with E-state index in [1.54, 1.807) is 12.1 Å². The number of nitrogens with two attached hydrogens (primary N) is 1. The van der Waals surface area contributed by atoms with Crippen molar-refractivity contribution >= 4 is 41.0 Å². The Labute approximate surface area is 190 Å². The molecule has 0 aliphatic carbocycles. The predicted octanol–water partition coefficient (Wildman–Crippen LogP) is 5.23. The highest BCUT2D eigenvalue weighted by Crippen LogP contribution is 2.23. The summed E-state index contributed by atoms with van der Waals surface area (Å²) in [5.74, 6) is -0.494. The number of aromatic hydroxyl groups is 2. The van der Waals surface area contributed by atoms with Crippen molar-refractivity contribution in [2.45, 2.75) is 12.8 Å². The van der Waals surface area contributed by atoms with E-state index >= 15 is 0 Å². The molecule has 0 heterocycles. The summed E-state index contributed by atoms with van der Waals surface area (Å²) in [7, 11) is 0. The summed E-state index contributed by atoms with van der Waals surface area (Å²) in [5.41, 5.74) is 7.89. The van der Waals surface area contributed by atoms with Crippen LogP contribution in [0.2, 0.25) is 10.0 Å². The van der Waals surface area contributed by atoms with Gasteiger partial charge in [0.2, 0.25) is 5.91 Å². The van der Waals surface area contributed by atoms with Gasteiger partial charge in [-0.1, -0.05) is 35.3 Å². The molecule has 0 unspecified atom stereocenters. The Bertz CT molecular complexity index is 1040. The van der Waals surface area contributed by atoms with Crippen LogP contribution < -0.4 is 11.1 Å². The summed E-state index contributed by atoms with van der Waals surface area (Å²) in [4.78, 5) is 10.5. The van der Waals surface area contributed by atoms with Crippen LogP contribution >= 0.6 is 23.2 Å². The highest BCUT2D eigenvalue weighted by atomic mass is 35.5. The van der Waals surface area contributed by atoms with Crippen molar-refractivity contribution in [2.75, 3.05) is 11.9 Å². The summed E-state index contributed by atoms with van der Waals surface area (Å²) in [5, 5.41) is 29.8. The number of anilines is 1. The second kappa shape index (κ2) is 11.8. The number of primary amides is 1. The first kappa shape index (κ1) is 24.1. The SMILES string of the molecule is N=Cc1ccc(NCCCc2ccc(Cl)cc2)cc1O.NC(=O)c1ccc(O)c(Cl)c1. The number of benzene rings is 3. The second-order valence-electron chi connectivity index (χ2n) is 6.61. The number of nitrogens with one attached hydrogen (secondary N) is 2. The van der Waals surface area contributed by atoms with Crippen molar-refractivity contribution in [3.8, 4) is 11.5 Å². The highest BCUT2D eigenvalue weighted by molar-refractivity contribution is 6.32. The smallest absolute Gasteiger partial charge is 0.248 e. The largest absolute Gasteiger partial charge is 0.507 e. The number of phenolic OH excluding ortho intramolecular Hbond substituents is 2. The summed E-state index contributed by atoms with van der Waals surface area (Å²) >= 11 is 11.3. The Morgan fingerprint density at radius 1 is 1.00 bits per heavy atom. The van der Waals surface area contributed by atoms with Gasteiger partial charge in [-0.15, -0.1) is 0 Å². The number of carbonyl (C=O) groups is 1. The van der Waals surface area contributed by atoms with Gasteiger partial charge in [-0.2, -0.15) is 0 Å². The zero-order valence-corrected chi connectivity index (χ0v) is 18.1. The molecule has 1 amide bonds. The molecular weight excluding hydrogens is 437 g/mol. The van der Waals surface area contributed by atoms with E-state index in [0.717, 1.165) is 36.3 Å². The van der Waals surface area contributed by atoms with Gasteiger partial charge >= 0.3 is 0 Å². The molecule has 6 N–H and O–H groups in total. The van der Waals surface area contributed by atoms with Gasteiger partial charge in [0.05, 0.1) is 5.02 Å². The maximum absolute atomic E-state index is 10.5. The van der Waals surface area contributed by atoms with Gasteiger partial charge in [0.15, 0.2) is 0 Å². The van der Waals surface area contributed by atoms with E-state index < -0.39 is 5.91 Å². The van der Waals surface area contributed by atoms with Crippen molar-refractivity contribution in [3.63, 3.8) is 0 Å². The quantitative estimate of drug-likeness (QED) is 0.245. The number of hydrogen-bond donors (Lipinski definition) is 5. The molecule has 0 aromatic heterocycles. The van der Waals surface area contributed by atoms with Gasteiger partial charge in [0.25, 0.3) is 0 Å². The van der Waals surface area contributed by atoms with E-state index in [1.807, 2.05) is 30.3 Å². The average Bonchev–Trinajstić information content (AvgIpc) is 2.75. The van der Waals surface area contributed by atoms with Crippen molar-refractivity contribution in [2.24, 2.45) is 5.73 Å². The fraction of sp³-hybridized carbons (Fsp3) is 0.130. The van der Waals surface area contributed by atoms with Gasteiger partial charge in [0.1, 0.15) is 11.5 Å². The molecule has 3 rings (SSSR count). The first-order valence-electron chi connectivity index (χ1n) is 9.40. The molecule has 0 fully saturated rings. The van der Waals surface area contributed by atoms with Crippen LogP contribution in [-0.4, -0.2) is 28.9 Å². The fourth-order valence-corrected chi connectivity index (χ4v) is 2.92. The third-order valence-corrected chi connectivity index (χ3v) is 4.86. The van der Waals surface area contributed by atoms with Gasteiger partial charge in [-0.25, -0.2) is 0 Å². The molecule has 0 saturated carbocycles. The van der Waals surface area contributed by atoms with Crippen molar-refractivity contribution in [1.29, 1.82) is 5.41 Å². The third-order valence-electron chi connectivity index (χ3n) is 4.30. The minimum atomic E-state index is -0.563. The monoisotopic (exact) mass is 459 g/mol. The Morgan fingerprint density at radius 2 is 1.71 bits per heavy atom. The van der Waals surface area contributed by atoms with Crippen LogP contribution in [0.3, 0.4) is 0 Å². The maximum atomic E-state index is 10.5. The zero-order chi connectivity index (χ0) is 22.8. The summed E-state index contributed by atoms with van der Waals surface area (Å²) in [6.45, 7) is 0.825. The third kappa shape index (κ3) is 7.85. The standard InChI is InChI=1S/C16H17ClN2O.C7H6ClNO2/c17-14-6-3-12(4-7-14)2-1-9-19-15-8-5-13(11-18)16(20)10-15;8-5-3-4(7(9)11)1-2-6(5)10/h3-8,10-11,18-20H,1-2,9H2;1-3,10H,(H2,9,11). The first-order chi connectivity index (χ1) is 14.8. The van der Waals surface area contributed by atoms with Gasteiger partial charge in [-0.3, -0.25) is 4.79 Å². The molecule has 162 valence electrons. The number of rotatable bonds is 7. The lowest BCUT2D eigenvalue weighted by Gasteiger charge is -2.08. The number of phenols is 2. The lowest BCUT2D eigenvalue weighted by atomic mass is 10.1. The second-order valence-corrected chi connectivity index (χ2v) is 7.45. The average molecular weight is 460 g/mol. The molecule has 3 aromatic carbocycles. The molecule has 0 radical (unpaired) electrons. The normalized spacial score (nSPS) is 10.0. The number of carbonyl (C=O) groups excluding carboxylic acids is 1. The van der Waals surface area contributed by atoms with Gasteiger partial charge in [-0.05, 0) is 60.9 Å². The molecule has 6 nitrogen and oxygen atoms in total. The first-order valence-corrected chi connectivity index (χ1v) is 10.2. The van der Waals surface area contributed by atoms with Crippen LogP contribution in [0.15, 0.2) is 60.7 Å². The van der Waals surface area contributed by atoms with Crippen LogP contribution in [0.4, 0.5) is 5.69 Å². The topological polar surface area (TPSA) is 119 Å². The van der Waals surface area contributed by atoms with Crippen LogP contribution in [0.1, 0.15) is 27.9 Å². The van der Waals surface area contributed by atoms with Crippen molar-refractivity contribution in [3.05, 3.63) is 87.4 Å². The molecule has 0 atom stereocenters. The predicted molar refractivity (Wildman–Crippen MR) is 126 cm³/mol. The van der Waals surface area contributed by atoms with E-state index in [2.05, 4.69) is 5.32 Å². The Morgan fingerprint density at radius 3 is 2.29 bits per heavy atom. The van der Waals surface area contributed by atoms with Crippen LogP contribution in [0, 0.1) is 5.41 Å². The highest BCUT2D eigenvalue weighted by Gasteiger charge is 2.03. The van der Waals surface area contributed by atoms with Gasteiger partial charge in [0, 0.05) is 40.7 Å². The molecule has 8 heteroatoms. The number of amides is 1. The molecule has 3 aromatic rings. The van der Waals surface area contributed by atoms with Crippen LogP contribution in [0.25, 0.3) is 0 Å². The van der Waals surface area contributed by atoms with Crippen molar-refractivity contribution in [1.82, 2.24) is 0 Å². The number of aryl methyl sites for hydroxylation is 1. The van der Waals surface area contributed by atoms with Crippen LogP contribution in [0.5, 0.6) is 11.5 Å². The van der Waals surface area contributed by atoms with E-state index in [9.17, 15) is 9.90 Å². The fourth-order valence-electron chi connectivity index (χ4n) is 2.61. The van der Waals surface area contributed by atoms with E-state index in [1.165, 1.54) is 23.8 Å². The Balaban J connectivity index is 0.000000262. The van der Waals surface area contributed by atoms with E-state index in [4.69, 9.17) is 39.5 Å². The lowest BCUT2D eigenvalue weighted by molar-refractivity contribution is 0.100. The molecule has 0 saturated heterocycles. The minimum Gasteiger partial charge on any atom is -0.507 e. The van der Waals surface area contributed by atoms with Crippen molar-refractivity contribution < 1.29 is 15.0 Å². The van der Waals surface area contributed by atoms with Crippen LogP contribution in [-0.2, 0) is 6.42 Å². The summed E-state index contributed by atoms with van der Waals surface area (Å²) in [6.07, 6.45) is 3.11. The van der Waals surface area contributed by atoms with E-state index in [0.29, 0.717) is 5.56 Å². The summed E-state index contributed by atoms with van der Waals surface area (Å²) < 4.78 is 0. The van der Waals surface area contributed by atoms with E-state index in [-0.39, 0.29) is 22.1 Å². The molecule has 31 heavy (non-hydrogen) atoms. The Hall–Kier alpha value is -3.22. The molecular formula is C23H23Cl2N3O3. The lowest BCUT2D eigenvalue weighted by Crippen LogP contribution is -2.10. The molecule has 0 aliphatic heterocycles. The summed E-state index contributed by atoms with van der Waals surface area (Å²) in [6, 6.07) is 17.1. The zero-order valence-electron chi connectivity index (χ0n) is 16.6. The molecule has 0 spiro atoms. The van der Waals surface area contributed by atoms with Gasteiger partial charge < -0.3 is 26.7 Å². The number of halogens is 2. The minimum absolute atomic E-state index is 0.0586. The molecule has 0 aliphatic rings.